The van der Waals surface area contributed by atoms with E-state index in [2.05, 4.69) is 15.0 Å². The van der Waals surface area contributed by atoms with Crippen LogP contribution in [0, 0.1) is 11.3 Å². The van der Waals surface area contributed by atoms with Crippen LogP contribution in [0.15, 0.2) is 64.8 Å². The van der Waals surface area contributed by atoms with Gasteiger partial charge < -0.3 is 14.1 Å². The van der Waals surface area contributed by atoms with Gasteiger partial charge in [-0.05, 0) is 36.4 Å². The molecule has 7 nitrogen and oxygen atoms in total. The molecule has 0 aliphatic rings. The average molecular weight is 389 g/mol. The first-order chi connectivity index (χ1) is 13.7. The lowest BCUT2D eigenvalue weighted by molar-refractivity contribution is 0.415. The Bertz CT molecular complexity index is 1210. The molecular weight excluding hydrogens is 374 g/mol. The van der Waals surface area contributed by atoms with Crippen LogP contribution in [0.25, 0.3) is 16.9 Å². The van der Waals surface area contributed by atoms with Crippen LogP contribution in [0.3, 0.4) is 0 Å². The summed E-state index contributed by atoms with van der Waals surface area (Å²) in [7, 11) is 1.58. The van der Waals surface area contributed by atoms with Gasteiger partial charge in [0.2, 0.25) is 0 Å². The molecular formula is C20H15N5O2S. The first kappa shape index (κ1) is 17.8. The number of methoxy groups -OCH3 is 1. The maximum absolute atomic E-state index is 12.4. The van der Waals surface area contributed by atoms with E-state index in [1.807, 2.05) is 41.1 Å². The summed E-state index contributed by atoms with van der Waals surface area (Å²) >= 11 is 1.36. The molecule has 4 rings (SSSR count). The molecule has 0 saturated heterocycles. The summed E-state index contributed by atoms with van der Waals surface area (Å²) in [4.78, 5) is 24.1. The molecule has 3 aromatic heterocycles. The Hall–Kier alpha value is -3.57. The predicted octanol–water partition coefficient (Wildman–Crippen LogP) is 3.26. The lowest BCUT2D eigenvalue weighted by Crippen LogP contribution is -2.14. The van der Waals surface area contributed by atoms with Crippen molar-refractivity contribution in [2.24, 2.45) is 0 Å². The zero-order valence-electron chi connectivity index (χ0n) is 14.9. The summed E-state index contributed by atoms with van der Waals surface area (Å²) < 4.78 is 7.09. The van der Waals surface area contributed by atoms with Crippen LogP contribution < -0.4 is 10.3 Å². The second kappa shape index (κ2) is 7.58. The van der Waals surface area contributed by atoms with Crippen molar-refractivity contribution in [1.82, 2.24) is 19.4 Å². The van der Waals surface area contributed by atoms with E-state index in [1.54, 1.807) is 31.4 Å². The number of ether oxygens (including phenoxy) is 1. The largest absolute Gasteiger partial charge is 0.497 e. The van der Waals surface area contributed by atoms with Crippen molar-refractivity contribution in [1.29, 1.82) is 5.26 Å². The molecule has 0 spiro atoms. The highest BCUT2D eigenvalue weighted by molar-refractivity contribution is 7.98. The van der Waals surface area contributed by atoms with Crippen LogP contribution >= 0.6 is 11.8 Å². The number of thioether (sulfide) groups is 1. The van der Waals surface area contributed by atoms with Crippen molar-refractivity contribution in [3.05, 3.63) is 76.5 Å². The number of hydrogen-bond donors (Lipinski definition) is 1. The smallest absolute Gasteiger partial charge is 0.270 e. The van der Waals surface area contributed by atoms with E-state index in [-0.39, 0.29) is 5.56 Å². The molecule has 0 atom stereocenters. The number of H-pyrrole nitrogens is 1. The van der Waals surface area contributed by atoms with Gasteiger partial charge in [0.25, 0.3) is 5.56 Å². The highest BCUT2D eigenvalue weighted by atomic mass is 32.2. The molecule has 28 heavy (non-hydrogen) atoms. The van der Waals surface area contributed by atoms with Gasteiger partial charge in [0.1, 0.15) is 23.0 Å². The van der Waals surface area contributed by atoms with E-state index in [4.69, 9.17) is 4.74 Å². The number of nitrogens with zero attached hydrogens (tertiary/aromatic N) is 4. The third kappa shape index (κ3) is 3.48. The third-order valence-electron chi connectivity index (χ3n) is 4.14. The van der Waals surface area contributed by atoms with Crippen LogP contribution in [0.5, 0.6) is 5.75 Å². The number of nitriles is 1. The highest BCUT2D eigenvalue weighted by Gasteiger charge is 2.14. The Labute approximate surface area is 164 Å². The van der Waals surface area contributed by atoms with Crippen LogP contribution in [-0.4, -0.2) is 26.5 Å². The van der Waals surface area contributed by atoms with Gasteiger partial charge in [0.15, 0.2) is 5.16 Å². The SMILES string of the molecule is COc1ccc(-c2nc(SCc3cn4ccccc4n3)[nH]c(=O)c2C#N)cc1. The normalized spacial score (nSPS) is 10.7. The number of fused-ring (bicyclic) bond motifs is 1. The summed E-state index contributed by atoms with van der Waals surface area (Å²) in [5.74, 6) is 1.23. The van der Waals surface area contributed by atoms with Crippen LogP contribution in [0.4, 0.5) is 0 Å². The summed E-state index contributed by atoms with van der Waals surface area (Å²) in [5, 5.41) is 9.82. The quantitative estimate of drug-likeness (QED) is 0.416. The van der Waals surface area contributed by atoms with Crippen molar-refractivity contribution in [2.75, 3.05) is 7.11 Å². The molecule has 0 amide bonds. The van der Waals surface area contributed by atoms with Crippen molar-refractivity contribution in [3.8, 4) is 23.1 Å². The van der Waals surface area contributed by atoms with Gasteiger partial charge in [0, 0.05) is 23.7 Å². The molecule has 4 aromatic rings. The summed E-state index contributed by atoms with van der Waals surface area (Å²) in [6, 6.07) is 14.8. The maximum Gasteiger partial charge on any atom is 0.270 e. The van der Waals surface area contributed by atoms with Gasteiger partial charge in [-0.2, -0.15) is 5.26 Å². The minimum Gasteiger partial charge on any atom is -0.497 e. The number of imidazole rings is 1. The molecule has 0 aliphatic heterocycles. The maximum atomic E-state index is 12.4. The lowest BCUT2D eigenvalue weighted by Gasteiger charge is -2.07. The van der Waals surface area contributed by atoms with E-state index >= 15 is 0 Å². The number of aromatic amines is 1. The fraction of sp³-hybridized carbons (Fsp3) is 0.100. The zero-order chi connectivity index (χ0) is 19.5. The molecule has 138 valence electrons. The molecule has 0 radical (unpaired) electrons. The van der Waals surface area contributed by atoms with Crippen LogP contribution in [0.1, 0.15) is 11.3 Å². The van der Waals surface area contributed by atoms with E-state index in [0.29, 0.717) is 27.9 Å². The van der Waals surface area contributed by atoms with Crippen LogP contribution in [-0.2, 0) is 5.75 Å². The molecule has 3 heterocycles. The Kier molecular flexibility index (Phi) is 4.83. The van der Waals surface area contributed by atoms with E-state index in [9.17, 15) is 10.1 Å². The summed E-state index contributed by atoms with van der Waals surface area (Å²) in [6.45, 7) is 0. The number of aromatic nitrogens is 4. The number of pyridine rings is 1. The first-order valence-electron chi connectivity index (χ1n) is 8.42. The monoisotopic (exact) mass is 389 g/mol. The Balaban J connectivity index is 1.64. The van der Waals surface area contributed by atoms with E-state index < -0.39 is 5.56 Å². The minimum atomic E-state index is -0.458. The minimum absolute atomic E-state index is 0.0118. The van der Waals surface area contributed by atoms with Crippen LogP contribution in [0.2, 0.25) is 0 Å². The fourth-order valence-corrected chi connectivity index (χ4v) is 3.53. The topological polar surface area (TPSA) is 96.1 Å². The molecule has 0 saturated carbocycles. The predicted molar refractivity (Wildman–Crippen MR) is 106 cm³/mol. The second-order valence-corrected chi connectivity index (χ2v) is 6.89. The Morgan fingerprint density at radius 2 is 2.04 bits per heavy atom. The lowest BCUT2D eigenvalue weighted by atomic mass is 10.1. The van der Waals surface area contributed by atoms with Gasteiger partial charge >= 0.3 is 0 Å². The molecule has 0 unspecified atom stereocenters. The number of nitrogens with one attached hydrogen (secondary N) is 1. The van der Waals surface area contributed by atoms with Crippen molar-refractivity contribution < 1.29 is 4.74 Å². The molecule has 1 N–H and O–H groups in total. The Morgan fingerprint density at radius 3 is 2.75 bits per heavy atom. The van der Waals surface area contributed by atoms with Gasteiger partial charge in [0.05, 0.1) is 18.5 Å². The van der Waals surface area contributed by atoms with Gasteiger partial charge in [-0.1, -0.05) is 17.8 Å². The van der Waals surface area contributed by atoms with Crippen molar-refractivity contribution in [3.63, 3.8) is 0 Å². The standard InChI is InChI=1S/C20H15N5O2S/c1-27-15-7-5-13(6-8-15)18-16(10-21)19(26)24-20(23-18)28-12-14-11-25-9-3-2-4-17(25)22-14/h2-9,11H,12H2,1H3,(H,23,24,26). The third-order valence-corrected chi connectivity index (χ3v) is 5.05. The number of rotatable bonds is 5. The average Bonchev–Trinajstić information content (AvgIpc) is 3.15. The molecule has 8 heteroatoms. The Morgan fingerprint density at radius 1 is 1.21 bits per heavy atom. The van der Waals surface area contributed by atoms with Crippen molar-refractivity contribution in [2.45, 2.75) is 10.9 Å². The molecule has 0 fully saturated rings. The molecule has 0 bridgehead atoms. The van der Waals surface area contributed by atoms with Gasteiger partial charge in [-0.15, -0.1) is 0 Å². The summed E-state index contributed by atoms with van der Waals surface area (Å²) in [5.41, 5.74) is 2.29. The van der Waals surface area contributed by atoms with Crippen molar-refractivity contribution >= 4 is 17.4 Å². The van der Waals surface area contributed by atoms with Gasteiger partial charge in [-0.3, -0.25) is 4.79 Å². The first-order valence-corrected chi connectivity index (χ1v) is 9.41. The fourth-order valence-electron chi connectivity index (χ4n) is 2.78. The van der Waals surface area contributed by atoms with E-state index in [0.717, 1.165) is 11.3 Å². The number of benzene rings is 1. The van der Waals surface area contributed by atoms with E-state index in [1.165, 1.54) is 11.8 Å². The molecule has 0 aliphatic carbocycles. The van der Waals surface area contributed by atoms with Gasteiger partial charge in [-0.25, -0.2) is 9.97 Å². The number of hydrogen-bond acceptors (Lipinski definition) is 6. The summed E-state index contributed by atoms with van der Waals surface area (Å²) in [6.07, 6.45) is 3.87. The molecule has 1 aromatic carbocycles. The zero-order valence-corrected chi connectivity index (χ0v) is 15.7. The highest BCUT2D eigenvalue weighted by Crippen LogP contribution is 2.25. The second-order valence-electron chi connectivity index (χ2n) is 5.92.